The van der Waals surface area contributed by atoms with Crippen LogP contribution in [0.2, 0.25) is 0 Å². The van der Waals surface area contributed by atoms with Gasteiger partial charge < -0.3 is 0 Å². The van der Waals surface area contributed by atoms with Crippen LogP contribution in [0, 0.1) is 0 Å². The van der Waals surface area contributed by atoms with Gasteiger partial charge in [-0.05, 0) is 0 Å². The van der Waals surface area contributed by atoms with E-state index >= 15 is 0 Å². The zero-order valence-corrected chi connectivity index (χ0v) is 9.74. The van der Waals surface area contributed by atoms with Gasteiger partial charge >= 0.3 is 88.8 Å². The molecule has 0 saturated carbocycles. The van der Waals surface area contributed by atoms with Crippen molar-refractivity contribution in [1.82, 2.24) is 0 Å². The predicted octanol–water partition coefficient (Wildman–Crippen LogP) is 3.17. The molecule has 0 aliphatic rings. The fourth-order valence-electron chi connectivity index (χ4n) is 0.746. The van der Waals surface area contributed by atoms with Gasteiger partial charge in [0.05, 0.1) is 0 Å². The maximum absolute atomic E-state index is 11.8. The van der Waals surface area contributed by atoms with Crippen molar-refractivity contribution in [2.75, 3.05) is 0 Å². The Morgan fingerprint density at radius 1 is 1.15 bits per heavy atom. The van der Waals surface area contributed by atoms with Gasteiger partial charge in [0.2, 0.25) is 0 Å². The van der Waals surface area contributed by atoms with Crippen LogP contribution in [0.5, 0.6) is 0 Å². The van der Waals surface area contributed by atoms with Crippen LogP contribution in [0.3, 0.4) is 0 Å². The van der Waals surface area contributed by atoms with E-state index in [9.17, 15) is 13.2 Å². The molecule has 1 aromatic carbocycles. The van der Waals surface area contributed by atoms with Crippen LogP contribution in [-0.2, 0) is 5.32 Å². The molecule has 0 aromatic heterocycles. The van der Waals surface area contributed by atoms with Crippen LogP contribution < -0.4 is 0 Å². The van der Waals surface area contributed by atoms with E-state index in [0.29, 0.717) is 0 Å². The third-order valence-electron chi connectivity index (χ3n) is 1.32. The first-order valence-corrected chi connectivity index (χ1v) is 6.28. The summed E-state index contributed by atoms with van der Waals surface area (Å²) >= 11 is 1.91. The molecule has 5 heteroatoms. The molecule has 72 valence electrons. The van der Waals surface area contributed by atoms with Gasteiger partial charge in [-0.15, -0.1) is 0 Å². The van der Waals surface area contributed by atoms with E-state index in [1.807, 2.05) is 0 Å². The van der Waals surface area contributed by atoms with Crippen molar-refractivity contribution >= 4 is 30.9 Å². The van der Waals surface area contributed by atoms with Gasteiger partial charge in [0.25, 0.3) is 0 Å². The molecule has 13 heavy (non-hydrogen) atoms. The van der Waals surface area contributed by atoms with Gasteiger partial charge in [0, 0.05) is 0 Å². The van der Waals surface area contributed by atoms with E-state index < -0.39 is 20.0 Å². The molecule has 0 radical (unpaired) electrons. The van der Waals surface area contributed by atoms with Crippen LogP contribution in [0.4, 0.5) is 13.2 Å². The Kier molecular flexibility index (Phi) is 3.83. The summed E-state index contributed by atoms with van der Waals surface area (Å²) in [6, 6.07) is 6.92. The quantitative estimate of drug-likeness (QED) is 0.735. The fraction of sp³-hybridized carbons (Fsp3) is 0.250. The standard InChI is InChI=1S/C8H6BrF3Se/c9-7-3-1-6(2-4-7)5-13-8(10,11)12/h1-4H,5H2. The summed E-state index contributed by atoms with van der Waals surface area (Å²) in [6.07, 6.45) is 0. The SMILES string of the molecule is FC(F)(F)[Se]Cc1ccc(Br)cc1. The Bertz CT molecular complexity index is 268. The van der Waals surface area contributed by atoms with Crippen molar-refractivity contribution in [3.05, 3.63) is 34.3 Å². The maximum atomic E-state index is 11.8. The zero-order chi connectivity index (χ0) is 9.90. The predicted molar refractivity (Wildman–Crippen MR) is 49.7 cm³/mol. The van der Waals surface area contributed by atoms with Crippen molar-refractivity contribution in [2.45, 2.75) is 10.4 Å². The molecule has 1 aromatic rings. The Balaban J connectivity index is 2.51. The molecule has 0 saturated heterocycles. The molecule has 1 rings (SSSR count). The second kappa shape index (κ2) is 4.49. The molecule has 0 unspecified atom stereocenters. The topological polar surface area (TPSA) is 0 Å². The van der Waals surface area contributed by atoms with Crippen molar-refractivity contribution in [2.24, 2.45) is 0 Å². The molecular weight excluding hydrogens is 312 g/mol. The average Bonchev–Trinajstić information content (AvgIpc) is 2.02. The molecule has 0 spiro atoms. The van der Waals surface area contributed by atoms with Gasteiger partial charge in [-0.25, -0.2) is 0 Å². The van der Waals surface area contributed by atoms with Crippen molar-refractivity contribution in [3.8, 4) is 0 Å². The number of hydrogen-bond donors (Lipinski definition) is 0. The van der Waals surface area contributed by atoms with Crippen LogP contribution in [0.25, 0.3) is 0 Å². The van der Waals surface area contributed by atoms with Crippen LogP contribution in [0.1, 0.15) is 5.56 Å². The average molecular weight is 318 g/mol. The first-order chi connectivity index (χ1) is 5.97. The Hall–Kier alpha value is 0.00948. The summed E-state index contributed by atoms with van der Waals surface area (Å²) in [5.41, 5.74) is 0.737. The van der Waals surface area contributed by atoms with E-state index in [1.165, 1.54) is 0 Å². The Morgan fingerprint density at radius 3 is 2.15 bits per heavy atom. The summed E-state index contributed by atoms with van der Waals surface area (Å²) in [5.74, 6) is 0. The Morgan fingerprint density at radius 2 is 1.69 bits per heavy atom. The summed E-state index contributed by atoms with van der Waals surface area (Å²) in [5, 5.41) is -3.89. The molecule has 0 bridgehead atoms. The van der Waals surface area contributed by atoms with Crippen LogP contribution in [-0.4, -0.2) is 20.0 Å². The zero-order valence-electron chi connectivity index (χ0n) is 6.44. The summed E-state index contributed by atoms with van der Waals surface area (Å²) in [6.45, 7) is 0. The number of halogens is 4. The molecule has 0 atom stereocenters. The summed E-state index contributed by atoms with van der Waals surface area (Å²) in [4.78, 5) is 0. The van der Waals surface area contributed by atoms with Gasteiger partial charge in [-0.2, -0.15) is 0 Å². The Labute approximate surface area is 88.8 Å². The molecule has 0 heterocycles. The van der Waals surface area contributed by atoms with E-state index in [2.05, 4.69) is 15.9 Å². The third kappa shape index (κ3) is 4.69. The summed E-state index contributed by atoms with van der Waals surface area (Å²) < 4.78 is 36.4. The van der Waals surface area contributed by atoms with Gasteiger partial charge in [0.15, 0.2) is 0 Å². The van der Waals surface area contributed by atoms with Crippen LogP contribution >= 0.6 is 15.9 Å². The first-order valence-electron chi connectivity index (χ1n) is 3.42. The number of rotatable bonds is 2. The van der Waals surface area contributed by atoms with Crippen molar-refractivity contribution in [1.29, 1.82) is 0 Å². The third-order valence-corrected chi connectivity index (χ3v) is 3.53. The molecule has 0 amide bonds. The van der Waals surface area contributed by atoms with E-state index in [4.69, 9.17) is 0 Å². The minimum atomic E-state index is -4.00. The monoisotopic (exact) mass is 318 g/mol. The summed E-state index contributed by atoms with van der Waals surface area (Å²) in [7, 11) is 0. The number of hydrogen-bond acceptors (Lipinski definition) is 0. The molecule has 0 fully saturated rings. The van der Waals surface area contributed by atoms with E-state index in [0.717, 1.165) is 10.0 Å². The van der Waals surface area contributed by atoms with Gasteiger partial charge in [0.1, 0.15) is 0 Å². The first kappa shape index (κ1) is 11.1. The van der Waals surface area contributed by atoms with E-state index in [1.54, 1.807) is 24.3 Å². The van der Waals surface area contributed by atoms with E-state index in [-0.39, 0.29) is 5.32 Å². The minimum absolute atomic E-state index is 0.115. The fourth-order valence-corrected chi connectivity index (χ4v) is 2.11. The molecule has 0 aliphatic heterocycles. The second-order valence-corrected chi connectivity index (χ2v) is 5.46. The van der Waals surface area contributed by atoms with Gasteiger partial charge in [-0.1, -0.05) is 0 Å². The van der Waals surface area contributed by atoms with Crippen molar-refractivity contribution in [3.63, 3.8) is 0 Å². The second-order valence-electron chi connectivity index (χ2n) is 2.36. The van der Waals surface area contributed by atoms with Crippen molar-refractivity contribution < 1.29 is 13.2 Å². The van der Waals surface area contributed by atoms with Crippen LogP contribution in [0.15, 0.2) is 28.7 Å². The van der Waals surface area contributed by atoms with Gasteiger partial charge in [-0.3, -0.25) is 0 Å². The number of benzene rings is 1. The molecule has 0 nitrogen and oxygen atoms in total. The molecular formula is C8H6BrF3Se. The number of alkyl halides is 3. The normalized spacial score (nSPS) is 11.7. The molecule has 0 N–H and O–H groups in total. The molecule has 0 aliphatic carbocycles.